The normalized spacial score (nSPS) is 16.3. The third kappa shape index (κ3) is 2.33. The topological polar surface area (TPSA) is 44.1 Å². The van der Waals surface area contributed by atoms with Crippen molar-refractivity contribution in [1.82, 2.24) is 4.90 Å². The Morgan fingerprint density at radius 3 is 2.47 bits per heavy atom. The molecule has 2 rings (SSSR count). The monoisotopic (exact) mass is 260 g/mol. The molecule has 1 aliphatic carbocycles. The van der Waals surface area contributed by atoms with E-state index in [9.17, 15) is 9.18 Å². The van der Waals surface area contributed by atoms with Gasteiger partial charge < -0.3 is 4.90 Å². The molecule has 3 nitrogen and oxygen atoms in total. The van der Waals surface area contributed by atoms with Crippen LogP contribution >= 0.6 is 0 Å². The second kappa shape index (κ2) is 5.40. The Kier molecular flexibility index (Phi) is 3.84. The molecule has 0 atom stereocenters. The average Bonchev–Trinajstić information content (AvgIpc) is 2.36. The van der Waals surface area contributed by atoms with Gasteiger partial charge in [-0.2, -0.15) is 5.26 Å². The van der Waals surface area contributed by atoms with Crippen molar-refractivity contribution in [3.8, 4) is 6.07 Å². The lowest BCUT2D eigenvalue weighted by molar-refractivity contribution is -0.140. The Balaban J connectivity index is 2.30. The lowest BCUT2D eigenvalue weighted by Crippen LogP contribution is -2.51. The molecule has 1 aromatic rings. The van der Waals surface area contributed by atoms with E-state index in [1.54, 1.807) is 17.0 Å². The SMILES string of the molecule is CCN(CC#N)C(=O)C1(c2ccc(F)cc2)CCC1. The highest BCUT2D eigenvalue weighted by molar-refractivity contribution is 5.89. The quantitative estimate of drug-likeness (QED) is 0.781. The maximum absolute atomic E-state index is 13.0. The molecule has 0 aliphatic heterocycles. The number of carbonyl (C=O) groups is 1. The molecule has 0 heterocycles. The smallest absolute Gasteiger partial charge is 0.234 e. The van der Waals surface area contributed by atoms with E-state index in [2.05, 4.69) is 0 Å². The van der Waals surface area contributed by atoms with E-state index in [1.165, 1.54) is 12.1 Å². The van der Waals surface area contributed by atoms with E-state index in [1.807, 2.05) is 13.0 Å². The largest absolute Gasteiger partial charge is 0.329 e. The van der Waals surface area contributed by atoms with Crippen molar-refractivity contribution < 1.29 is 9.18 Å². The van der Waals surface area contributed by atoms with Crippen molar-refractivity contribution in [3.05, 3.63) is 35.6 Å². The summed E-state index contributed by atoms with van der Waals surface area (Å²) in [6.45, 7) is 2.50. The number of carbonyl (C=O) groups excluding carboxylic acids is 1. The van der Waals surface area contributed by atoms with E-state index in [-0.39, 0.29) is 18.3 Å². The first-order chi connectivity index (χ1) is 9.14. The third-order valence-corrected chi connectivity index (χ3v) is 3.94. The van der Waals surface area contributed by atoms with Crippen LogP contribution in [0.2, 0.25) is 0 Å². The van der Waals surface area contributed by atoms with Gasteiger partial charge in [0.15, 0.2) is 0 Å². The molecule has 19 heavy (non-hydrogen) atoms. The molecule has 0 aromatic heterocycles. The second-order valence-electron chi connectivity index (χ2n) is 4.92. The zero-order valence-corrected chi connectivity index (χ0v) is 11.0. The zero-order chi connectivity index (χ0) is 13.9. The van der Waals surface area contributed by atoms with Crippen LogP contribution in [0.25, 0.3) is 0 Å². The predicted molar refractivity (Wildman–Crippen MR) is 69.8 cm³/mol. The number of benzene rings is 1. The Bertz CT molecular complexity index is 500. The molecule has 0 unspecified atom stereocenters. The lowest BCUT2D eigenvalue weighted by Gasteiger charge is -2.43. The Morgan fingerprint density at radius 2 is 2.05 bits per heavy atom. The zero-order valence-electron chi connectivity index (χ0n) is 11.0. The molecular weight excluding hydrogens is 243 g/mol. The highest BCUT2D eigenvalue weighted by Gasteiger charge is 2.47. The summed E-state index contributed by atoms with van der Waals surface area (Å²) in [4.78, 5) is 14.2. The molecule has 1 amide bonds. The van der Waals surface area contributed by atoms with Gasteiger partial charge in [-0.15, -0.1) is 0 Å². The fourth-order valence-electron chi connectivity index (χ4n) is 2.64. The summed E-state index contributed by atoms with van der Waals surface area (Å²) in [6.07, 6.45) is 2.55. The van der Waals surface area contributed by atoms with Gasteiger partial charge in [0.25, 0.3) is 0 Å². The molecule has 0 saturated heterocycles. The molecule has 1 aliphatic rings. The predicted octanol–water partition coefficient (Wildman–Crippen LogP) is 2.62. The van der Waals surface area contributed by atoms with Crippen LogP contribution in [0.3, 0.4) is 0 Å². The van der Waals surface area contributed by atoms with Gasteiger partial charge in [0.2, 0.25) is 5.91 Å². The van der Waals surface area contributed by atoms with Crippen LogP contribution in [0, 0.1) is 17.1 Å². The fourth-order valence-corrected chi connectivity index (χ4v) is 2.64. The first-order valence-electron chi connectivity index (χ1n) is 6.56. The summed E-state index contributed by atoms with van der Waals surface area (Å²) in [6, 6.07) is 8.18. The second-order valence-corrected chi connectivity index (χ2v) is 4.92. The van der Waals surface area contributed by atoms with Gasteiger partial charge in [0, 0.05) is 6.54 Å². The van der Waals surface area contributed by atoms with Gasteiger partial charge in [-0.3, -0.25) is 4.79 Å². The van der Waals surface area contributed by atoms with E-state index >= 15 is 0 Å². The number of nitrogens with zero attached hydrogens (tertiary/aromatic N) is 2. The number of halogens is 1. The van der Waals surface area contributed by atoms with Crippen LogP contribution in [0.15, 0.2) is 24.3 Å². The molecule has 1 saturated carbocycles. The number of amides is 1. The minimum atomic E-state index is -0.541. The third-order valence-electron chi connectivity index (χ3n) is 3.94. The number of likely N-dealkylation sites (N-methyl/N-ethyl adjacent to an activating group) is 1. The molecule has 0 radical (unpaired) electrons. The minimum Gasteiger partial charge on any atom is -0.329 e. The minimum absolute atomic E-state index is 0.00518. The van der Waals surface area contributed by atoms with Crippen LogP contribution < -0.4 is 0 Å². The summed E-state index contributed by atoms with van der Waals surface area (Å²) < 4.78 is 13.0. The van der Waals surface area contributed by atoms with Gasteiger partial charge in [0.05, 0.1) is 11.5 Å². The van der Waals surface area contributed by atoms with Gasteiger partial charge in [0.1, 0.15) is 12.4 Å². The van der Waals surface area contributed by atoms with Crippen LogP contribution in [0.5, 0.6) is 0 Å². The Hall–Kier alpha value is -1.89. The van der Waals surface area contributed by atoms with Gasteiger partial charge in [-0.05, 0) is 37.5 Å². The van der Waals surface area contributed by atoms with Crippen LogP contribution in [0.1, 0.15) is 31.7 Å². The van der Waals surface area contributed by atoms with E-state index in [4.69, 9.17) is 5.26 Å². The molecule has 0 N–H and O–H groups in total. The van der Waals surface area contributed by atoms with Crippen molar-refractivity contribution in [2.75, 3.05) is 13.1 Å². The molecule has 4 heteroatoms. The summed E-state index contributed by atoms with van der Waals surface area (Å²) in [7, 11) is 0. The number of nitriles is 1. The molecule has 1 fully saturated rings. The summed E-state index contributed by atoms with van der Waals surface area (Å²) >= 11 is 0. The summed E-state index contributed by atoms with van der Waals surface area (Å²) in [5.41, 5.74) is 0.321. The van der Waals surface area contributed by atoms with Gasteiger partial charge >= 0.3 is 0 Å². The summed E-state index contributed by atoms with van der Waals surface area (Å²) in [5, 5.41) is 8.79. The van der Waals surface area contributed by atoms with Crippen LogP contribution in [-0.4, -0.2) is 23.9 Å². The Morgan fingerprint density at radius 1 is 1.42 bits per heavy atom. The van der Waals surface area contributed by atoms with Crippen molar-refractivity contribution in [2.45, 2.75) is 31.6 Å². The van der Waals surface area contributed by atoms with Gasteiger partial charge in [-0.25, -0.2) is 4.39 Å². The van der Waals surface area contributed by atoms with Gasteiger partial charge in [-0.1, -0.05) is 18.6 Å². The first-order valence-corrected chi connectivity index (χ1v) is 6.56. The average molecular weight is 260 g/mol. The number of rotatable bonds is 4. The van der Waals surface area contributed by atoms with Crippen LogP contribution in [0.4, 0.5) is 4.39 Å². The van der Waals surface area contributed by atoms with E-state index < -0.39 is 5.41 Å². The number of hydrogen-bond donors (Lipinski definition) is 0. The standard InChI is InChI=1S/C15H17FN2O/c1-2-18(11-10-17)14(19)15(8-3-9-15)12-4-6-13(16)7-5-12/h4-7H,2-3,8-9,11H2,1H3. The van der Waals surface area contributed by atoms with Crippen molar-refractivity contribution in [3.63, 3.8) is 0 Å². The molecule has 100 valence electrons. The maximum Gasteiger partial charge on any atom is 0.234 e. The van der Waals surface area contributed by atoms with Crippen LogP contribution in [-0.2, 0) is 10.2 Å². The lowest BCUT2D eigenvalue weighted by atomic mass is 9.63. The first kappa shape index (κ1) is 13.5. The highest BCUT2D eigenvalue weighted by Crippen LogP contribution is 2.45. The van der Waals surface area contributed by atoms with E-state index in [0.717, 1.165) is 24.8 Å². The number of hydrogen-bond acceptors (Lipinski definition) is 2. The molecule has 0 spiro atoms. The van der Waals surface area contributed by atoms with Crippen molar-refractivity contribution in [1.29, 1.82) is 5.26 Å². The van der Waals surface area contributed by atoms with Crippen molar-refractivity contribution >= 4 is 5.91 Å². The summed E-state index contributed by atoms with van der Waals surface area (Å²) in [5.74, 6) is -0.301. The highest BCUT2D eigenvalue weighted by atomic mass is 19.1. The van der Waals surface area contributed by atoms with E-state index in [0.29, 0.717) is 6.54 Å². The van der Waals surface area contributed by atoms with Crippen molar-refractivity contribution in [2.24, 2.45) is 0 Å². The molecule has 1 aromatic carbocycles. The molecular formula is C15H17FN2O. The fraction of sp³-hybridized carbons (Fsp3) is 0.467. The molecule has 0 bridgehead atoms. The maximum atomic E-state index is 13.0. The Labute approximate surface area is 112 Å².